The van der Waals surface area contributed by atoms with Gasteiger partial charge < -0.3 is 15.2 Å². The number of fused-ring (bicyclic) bond motifs is 2. The third-order valence-electron chi connectivity index (χ3n) is 6.26. The zero-order valence-electron chi connectivity index (χ0n) is 18.1. The van der Waals surface area contributed by atoms with Crippen molar-refractivity contribution in [2.75, 3.05) is 12.4 Å². The molecule has 0 saturated heterocycles. The van der Waals surface area contributed by atoms with Gasteiger partial charge in [0.25, 0.3) is 5.91 Å². The highest BCUT2D eigenvalue weighted by atomic mass is 19.4. The van der Waals surface area contributed by atoms with Gasteiger partial charge in [0.15, 0.2) is 0 Å². The molecule has 2 amide bonds. The van der Waals surface area contributed by atoms with E-state index in [0.717, 1.165) is 28.6 Å². The summed E-state index contributed by atoms with van der Waals surface area (Å²) in [4.78, 5) is 31.5. The Morgan fingerprint density at radius 3 is 2.50 bits per heavy atom. The summed E-state index contributed by atoms with van der Waals surface area (Å²) in [6.07, 6.45) is -2.75. The van der Waals surface area contributed by atoms with Gasteiger partial charge in [-0.15, -0.1) is 0 Å². The van der Waals surface area contributed by atoms with Crippen LogP contribution in [-0.4, -0.2) is 28.7 Å². The molecule has 3 aromatic carbocycles. The molecule has 2 heterocycles. The Bertz CT molecular complexity index is 1410. The molecular weight excluding hydrogens is 443 g/mol. The van der Waals surface area contributed by atoms with Crippen LogP contribution in [0.1, 0.15) is 39.0 Å². The quantitative estimate of drug-likeness (QED) is 0.407. The number of alkyl halides is 3. The molecule has 1 aliphatic heterocycles. The summed E-state index contributed by atoms with van der Waals surface area (Å²) in [6.45, 7) is 0. The molecule has 0 fully saturated rings. The number of nitrogens with zero attached hydrogens (tertiary/aromatic N) is 1. The second kappa shape index (κ2) is 8.06. The zero-order valence-corrected chi connectivity index (χ0v) is 18.1. The number of anilines is 1. The molecule has 0 unspecified atom stereocenters. The molecule has 0 radical (unpaired) electrons. The van der Waals surface area contributed by atoms with Crippen molar-refractivity contribution in [3.8, 4) is 0 Å². The van der Waals surface area contributed by atoms with Crippen LogP contribution in [0.2, 0.25) is 0 Å². The van der Waals surface area contributed by atoms with Gasteiger partial charge in [0.2, 0.25) is 5.91 Å². The Kier molecular flexibility index (Phi) is 5.16. The minimum absolute atomic E-state index is 0.0366. The van der Waals surface area contributed by atoms with Gasteiger partial charge >= 0.3 is 6.18 Å². The Morgan fingerprint density at radius 2 is 1.71 bits per heavy atom. The van der Waals surface area contributed by atoms with Crippen LogP contribution in [0.4, 0.5) is 18.9 Å². The Labute approximate surface area is 193 Å². The van der Waals surface area contributed by atoms with Crippen molar-refractivity contribution in [3.05, 3.63) is 101 Å². The van der Waals surface area contributed by atoms with E-state index in [9.17, 15) is 22.8 Å². The Hall–Kier alpha value is -4.07. The molecule has 0 saturated carbocycles. The van der Waals surface area contributed by atoms with E-state index in [1.165, 1.54) is 17.0 Å². The van der Waals surface area contributed by atoms with E-state index < -0.39 is 29.6 Å². The second-order valence-corrected chi connectivity index (χ2v) is 8.28. The maximum Gasteiger partial charge on any atom is 0.416 e. The first-order chi connectivity index (χ1) is 16.3. The number of aromatic amines is 1. The van der Waals surface area contributed by atoms with Crippen molar-refractivity contribution in [1.82, 2.24) is 9.88 Å². The van der Waals surface area contributed by atoms with Crippen molar-refractivity contribution < 1.29 is 22.8 Å². The van der Waals surface area contributed by atoms with Crippen LogP contribution in [0, 0.1) is 0 Å². The fourth-order valence-electron chi connectivity index (χ4n) is 4.68. The summed E-state index contributed by atoms with van der Waals surface area (Å²) in [5.74, 6) is -1.57. The van der Waals surface area contributed by atoms with Crippen molar-refractivity contribution >= 4 is 28.4 Å². The topological polar surface area (TPSA) is 65.2 Å². The summed E-state index contributed by atoms with van der Waals surface area (Å²) in [5.41, 5.74) is 1.72. The average Bonchev–Trinajstić information content (AvgIpc) is 3.24. The van der Waals surface area contributed by atoms with Crippen LogP contribution < -0.4 is 5.32 Å². The van der Waals surface area contributed by atoms with Gasteiger partial charge in [-0.2, -0.15) is 13.2 Å². The minimum atomic E-state index is -4.53. The number of aromatic nitrogens is 1. The van der Waals surface area contributed by atoms with Gasteiger partial charge in [0.05, 0.1) is 17.5 Å². The normalized spacial score (nSPS) is 18.1. The van der Waals surface area contributed by atoms with E-state index in [-0.39, 0.29) is 11.6 Å². The minimum Gasteiger partial charge on any atom is -0.361 e. The lowest BCUT2D eigenvalue weighted by Crippen LogP contribution is -2.44. The molecule has 1 aromatic heterocycles. The smallest absolute Gasteiger partial charge is 0.361 e. The van der Waals surface area contributed by atoms with E-state index in [0.29, 0.717) is 11.1 Å². The first-order valence-electron chi connectivity index (χ1n) is 10.7. The number of halogens is 3. The molecular formula is C26H20F3N3O2. The van der Waals surface area contributed by atoms with Crippen LogP contribution in [0.3, 0.4) is 0 Å². The van der Waals surface area contributed by atoms with Crippen LogP contribution in [-0.2, 0) is 11.0 Å². The van der Waals surface area contributed by atoms with Gasteiger partial charge in [-0.3, -0.25) is 9.59 Å². The number of nitrogens with one attached hydrogen (secondary N) is 2. The fraction of sp³-hybridized carbons (Fsp3) is 0.154. The molecule has 2 N–H and O–H groups in total. The highest BCUT2D eigenvalue weighted by molar-refractivity contribution is 6.05. The van der Waals surface area contributed by atoms with Gasteiger partial charge in [0, 0.05) is 41.0 Å². The number of rotatable bonds is 3. The van der Waals surface area contributed by atoms with Gasteiger partial charge in [-0.1, -0.05) is 42.5 Å². The van der Waals surface area contributed by atoms with Crippen LogP contribution >= 0.6 is 0 Å². The summed E-state index contributed by atoms with van der Waals surface area (Å²) in [7, 11) is 1.63. The predicted octanol–water partition coefficient (Wildman–Crippen LogP) is 5.74. The summed E-state index contributed by atoms with van der Waals surface area (Å²) in [6, 6.07) is 18.3. The van der Waals surface area contributed by atoms with Gasteiger partial charge in [0.1, 0.15) is 0 Å². The standard InChI is InChI=1S/C26H20F3N3O2/c1-32-23(20-14-30-21-12-5-4-9-17(20)21)22(18-10-2-3-11-19(18)25(32)34)24(33)31-16-8-6-7-15(13-16)26(27,28)29/h2-14,22-23,30H,1H3,(H,31,33)/t22-,23-/m0/s1. The largest absolute Gasteiger partial charge is 0.416 e. The third-order valence-corrected chi connectivity index (χ3v) is 6.26. The molecule has 8 heteroatoms. The van der Waals surface area contributed by atoms with Gasteiger partial charge in [-0.25, -0.2) is 0 Å². The summed E-state index contributed by atoms with van der Waals surface area (Å²) >= 11 is 0. The SMILES string of the molecule is CN1C(=O)c2ccccc2[C@H](C(=O)Nc2cccc(C(F)(F)F)c2)[C@@H]1c1c[nH]c2ccccc12. The zero-order chi connectivity index (χ0) is 24.0. The van der Waals surface area contributed by atoms with E-state index in [2.05, 4.69) is 10.3 Å². The van der Waals surface area contributed by atoms with Crippen molar-refractivity contribution in [2.24, 2.45) is 0 Å². The molecule has 5 nitrogen and oxygen atoms in total. The molecule has 0 aliphatic carbocycles. The lowest BCUT2D eigenvalue weighted by atomic mass is 9.79. The molecule has 1 aliphatic rings. The lowest BCUT2D eigenvalue weighted by molar-refractivity contribution is -0.137. The van der Waals surface area contributed by atoms with Crippen LogP contribution in [0.15, 0.2) is 79.0 Å². The summed E-state index contributed by atoms with van der Waals surface area (Å²) in [5, 5.41) is 3.52. The number of H-pyrrole nitrogens is 1. The number of likely N-dealkylation sites (N-methyl/N-ethyl adjacent to an activating group) is 1. The molecule has 0 bridgehead atoms. The van der Waals surface area contributed by atoms with E-state index in [1.54, 1.807) is 37.5 Å². The monoisotopic (exact) mass is 463 g/mol. The lowest BCUT2D eigenvalue weighted by Gasteiger charge is -2.39. The van der Waals surface area contributed by atoms with E-state index >= 15 is 0 Å². The molecule has 4 aromatic rings. The van der Waals surface area contributed by atoms with E-state index in [1.807, 2.05) is 24.3 Å². The van der Waals surface area contributed by atoms with Crippen molar-refractivity contribution in [1.29, 1.82) is 0 Å². The Morgan fingerprint density at radius 1 is 0.971 bits per heavy atom. The molecule has 0 spiro atoms. The fourth-order valence-corrected chi connectivity index (χ4v) is 4.68. The average molecular weight is 463 g/mol. The van der Waals surface area contributed by atoms with Crippen molar-refractivity contribution in [3.63, 3.8) is 0 Å². The second-order valence-electron chi connectivity index (χ2n) is 8.28. The van der Waals surface area contributed by atoms with Gasteiger partial charge in [-0.05, 0) is 35.9 Å². The predicted molar refractivity (Wildman–Crippen MR) is 122 cm³/mol. The number of hydrogen-bond acceptors (Lipinski definition) is 2. The maximum absolute atomic E-state index is 13.6. The highest BCUT2D eigenvalue weighted by Gasteiger charge is 2.43. The Balaban J connectivity index is 1.61. The van der Waals surface area contributed by atoms with Crippen LogP contribution in [0.5, 0.6) is 0 Å². The molecule has 2 atom stereocenters. The van der Waals surface area contributed by atoms with Crippen LogP contribution in [0.25, 0.3) is 10.9 Å². The summed E-state index contributed by atoms with van der Waals surface area (Å²) < 4.78 is 39.6. The van der Waals surface area contributed by atoms with Crippen molar-refractivity contribution in [2.45, 2.75) is 18.1 Å². The molecule has 34 heavy (non-hydrogen) atoms. The first kappa shape index (κ1) is 21.8. The number of carbonyl (C=O) groups excluding carboxylic acids is 2. The number of amides is 2. The first-order valence-corrected chi connectivity index (χ1v) is 10.7. The highest BCUT2D eigenvalue weighted by Crippen LogP contribution is 2.44. The third kappa shape index (κ3) is 3.61. The molecule has 172 valence electrons. The molecule has 5 rings (SSSR count). The van der Waals surface area contributed by atoms with E-state index in [4.69, 9.17) is 0 Å². The maximum atomic E-state index is 13.6. The number of hydrogen-bond donors (Lipinski definition) is 2. The number of carbonyl (C=O) groups is 2. The number of para-hydroxylation sites is 1. The number of benzene rings is 3.